The number of carbonyl (C=O) groups is 1. The molecule has 19 heavy (non-hydrogen) atoms. The second kappa shape index (κ2) is 4.22. The lowest BCUT2D eigenvalue weighted by Gasteiger charge is -2.19. The van der Waals surface area contributed by atoms with Gasteiger partial charge in [0, 0.05) is 26.3 Å². The Kier molecular flexibility index (Phi) is 2.66. The van der Waals surface area contributed by atoms with Gasteiger partial charge in [0.15, 0.2) is 5.65 Å². The zero-order valence-electron chi connectivity index (χ0n) is 11.0. The molecule has 0 aliphatic carbocycles. The zero-order chi connectivity index (χ0) is 13.6. The summed E-state index contributed by atoms with van der Waals surface area (Å²) in [5.74, 6) is -0.990. The van der Waals surface area contributed by atoms with Crippen molar-refractivity contribution in [3.8, 4) is 0 Å². The molecule has 0 aromatic carbocycles. The Morgan fingerprint density at radius 1 is 1.53 bits per heavy atom. The Bertz CT molecular complexity index is 649. The predicted octanol–water partition coefficient (Wildman–Crippen LogP) is 1.19. The van der Waals surface area contributed by atoms with Crippen molar-refractivity contribution < 1.29 is 9.90 Å². The van der Waals surface area contributed by atoms with Crippen LogP contribution in [0.25, 0.3) is 11.0 Å². The molecular weight excluding hydrogens is 244 g/mol. The molecule has 1 aliphatic rings. The fraction of sp³-hybridized carbons (Fsp3) is 0.462. The summed E-state index contributed by atoms with van der Waals surface area (Å²) in [5.41, 5.74) is 2.81. The van der Waals surface area contributed by atoms with Crippen molar-refractivity contribution in [1.82, 2.24) is 14.8 Å². The highest BCUT2D eigenvalue weighted by atomic mass is 16.4. The number of carboxylic acids is 1. The van der Waals surface area contributed by atoms with Crippen molar-refractivity contribution in [2.24, 2.45) is 13.0 Å². The third-order valence-electron chi connectivity index (χ3n) is 3.76. The van der Waals surface area contributed by atoms with Crippen molar-refractivity contribution in [2.45, 2.75) is 13.3 Å². The van der Waals surface area contributed by atoms with E-state index in [0.717, 1.165) is 29.0 Å². The van der Waals surface area contributed by atoms with Gasteiger partial charge in [-0.3, -0.25) is 9.48 Å². The van der Waals surface area contributed by atoms with Gasteiger partial charge in [-0.25, -0.2) is 4.98 Å². The summed E-state index contributed by atoms with van der Waals surface area (Å²) >= 11 is 0. The van der Waals surface area contributed by atoms with E-state index in [1.807, 2.05) is 20.0 Å². The molecule has 100 valence electrons. The molecule has 1 fully saturated rings. The molecule has 3 rings (SSSR count). The number of anilines is 1. The van der Waals surface area contributed by atoms with Gasteiger partial charge in [0.25, 0.3) is 0 Å². The second-order valence-corrected chi connectivity index (χ2v) is 5.01. The minimum Gasteiger partial charge on any atom is -0.481 e. The van der Waals surface area contributed by atoms with E-state index in [1.54, 1.807) is 10.9 Å². The van der Waals surface area contributed by atoms with E-state index in [1.165, 1.54) is 0 Å². The van der Waals surface area contributed by atoms with Gasteiger partial charge in [-0.05, 0) is 19.4 Å². The number of pyridine rings is 1. The molecule has 0 saturated carbocycles. The second-order valence-electron chi connectivity index (χ2n) is 5.01. The summed E-state index contributed by atoms with van der Waals surface area (Å²) in [4.78, 5) is 17.5. The number of nitrogens with zero attached hydrogens (tertiary/aromatic N) is 4. The molecule has 2 aromatic heterocycles. The van der Waals surface area contributed by atoms with E-state index < -0.39 is 5.97 Å². The van der Waals surface area contributed by atoms with Gasteiger partial charge in [-0.1, -0.05) is 0 Å². The number of hydrogen-bond acceptors (Lipinski definition) is 4. The van der Waals surface area contributed by atoms with Gasteiger partial charge >= 0.3 is 5.97 Å². The molecule has 1 atom stereocenters. The number of hydrogen-bond donors (Lipinski definition) is 1. The van der Waals surface area contributed by atoms with E-state index in [0.29, 0.717) is 13.0 Å². The molecule has 0 radical (unpaired) electrons. The SMILES string of the molecule is Cc1nn(C)c2nccc(N3CCC(C(=O)O)C3)c12. The third kappa shape index (κ3) is 1.83. The smallest absolute Gasteiger partial charge is 0.308 e. The normalized spacial score (nSPS) is 19.3. The summed E-state index contributed by atoms with van der Waals surface area (Å²) in [6.07, 6.45) is 2.45. The molecular formula is C13H16N4O2. The lowest BCUT2D eigenvalue weighted by atomic mass is 10.1. The summed E-state index contributed by atoms with van der Waals surface area (Å²) in [7, 11) is 1.87. The minimum absolute atomic E-state index is 0.278. The van der Waals surface area contributed by atoms with Crippen LogP contribution in [-0.2, 0) is 11.8 Å². The highest BCUT2D eigenvalue weighted by Gasteiger charge is 2.29. The molecule has 1 saturated heterocycles. The number of fused-ring (bicyclic) bond motifs is 1. The topological polar surface area (TPSA) is 71.2 Å². The first kappa shape index (κ1) is 12.0. The fourth-order valence-electron chi connectivity index (χ4n) is 2.80. The van der Waals surface area contributed by atoms with Crippen LogP contribution in [0.4, 0.5) is 5.69 Å². The van der Waals surface area contributed by atoms with Gasteiger partial charge in [0.05, 0.1) is 22.7 Å². The molecule has 0 bridgehead atoms. The predicted molar refractivity (Wildman–Crippen MR) is 71.2 cm³/mol. The van der Waals surface area contributed by atoms with Crippen LogP contribution in [0.5, 0.6) is 0 Å². The summed E-state index contributed by atoms with van der Waals surface area (Å²) in [6.45, 7) is 3.28. The van der Waals surface area contributed by atoms with Crippen molar-refractivity contribution >= 4 is 22.7 Å². The molecule has 1 unspecified atom stereocenters. The molecule has 6 nitrogen and oxygen atoms in total. The maximum absolute atomic E-state index is 11.1. The van der Waals surface area contributed by atoms with Gasteiger partial charge in [0.2, 0.25) is 0 Å². The third-order valence-corrected chi connectivity index (χ3v) is 3.76. The van der Waals surface area contributed by atoms with Gasteiger partial charge in [-0.15, -0.1) is 0 Å². The van der Waals surface area contributed by atoms with Crippen molar-refractivity contribution in [2.75, 3.05) is 18.0 Å². The first-order chi connectivity index (χ1) is 9.08. The number of aryl methyl sites for hydroxylation is 2. The molecule has 6 heteroatoms. The number of aromatic nitrogens is 3. The highest BCUT2D eigenvalue weighted by Crippen LogP contribution is 2.31. The van der Waals surface area contributed by atoms with Gasteiger partial charge < -0.3 is 10.0 Å². The van der Waals surface area contributed by atoms with Crippen LogP contribution < -0.4 is 4.90 Å². The zero-order valence-corrected chi connectivity index (χ0v) is 11.0. The Balaban J connectivity index is 2.04. The Hall–Kier alpha value is -2.11. The molecule has 0 amide bonds. The van der Waals surface area contributed by atoms with Crippen molar-refractivity contribution in [3.05, 3.63) is 18.0 Å². The Morgan fingerprint density at radius 2 is 2.32 bits per heavy atom. The first-order valence-electron chi connectivity index (χ1n) is 6.34. The molecule has 2 aromatic rings. The van der Waals surface area contributed by atoms with Crippen LogP contribution in [0, 0.1) is 12.8 Å². The first-order valence-corrected chi connectivity index (χ1v) is 6.34. The molecule has 3 heterocycles. The van der Waals surface area contributed by atoms with Crippen molar-refractivity contribution in [3.63, 3.8) is 0 Å². The number of aliphatic carboxylic acids is 1. The van der Waals surface area contributed by atoms with E-state index in [9.17, 15) is 4.79 Å². The maximum Gasteiger partial charge on any atom is 0.308 e. The fourth-order valence-corrected chi connectivity index (χ4v) is 2.80. The van der Waals surface area contributed by atoms with Crippen LogP contribution in [0.3, 0.4) is 0 Å². The monoisotopic (exact) mass is 260 g/mol. The Morgan fingerprint density at radius 3 is 3.00 bits per heavy atom. The standard InChI is InChI=1S/C13H16N4O2/c1-8-11-10(3-5-14-12(11)16(2)15-8)17-6-4-9(7-17)13(18)19/h3,5,9H,4,6-7H2,1-2H3,(H,18,19). The quantitative estimate of drug-likeness (QED) is 0.878. The summed E-state index contributed by atoms with van der Waals surface area (Å²) < 4.78 is 1.76. The summed E-state index contributed by atoms with van der Waals surface area (Å²) in [5, 5.41) is 14.5. The molecule has 1 aliphatic heterocycles. The number of rotatable bonds is 2. The van der Waals surface area contributed by atoms with Crippen LogP contribution in [0.1, 0.15) is 12.1 Å². The molecule has 0 spiro atoms. The summed E-state index contributed by atoms with van der Waals surface area (Å²) in [6, 6.07) is 1.95. The average Bonchev–Trinajstić information content (AvgIpc) is 2.96. The van der Waals surface area contributed by atoms with Gasteiger partial charge in [-0.2, -0.15) is 5.10 Å². The Labute approximate surface area is 110 Å². The number of carboxylic acid groups (broad SMARTS) is 1. The van der Waals surface area contributed by atoms with E-state index in [4.69, 9.17) is 5.11 Å². The largest absolute Gasteiger partial charge is 0.481 e. The highest BCUT2D eigenvalue weighted by molar-refractivity contribution is 5.92. The average molecular weight is 260 g/mol. The minimum atomic E-state index is -0.712. The molecule has 1 N–H and O–H groups in total. The van der Waals surface area contributed by atoms with E-state index in [2.05, 4.69) is 15.0 Å². The van der Waals surface area contributed by atoms with E-state index in [-0.39, 0.29) is 5.92 Å². The van der Waals surface area contributed by atoms with Crippen molar-refractivity contribution in [1.29, 1.82) is 0 Å². The lowest BCUT2D eigenvalue weighted by molar-refractivity contribution is -0.140. The lowest BCUT2D eigenvalue weighted by Crippen LogP contribution is -2.22. The van der Waals surface area contributed by atoms with Crippen LogP contribution >= 0.6 is 0 Å². The van der Waals surface area contributed by atoms with Crippen LogP contribution in [0.15, 0.2) is 12.3 Å². The maximum atomic E-state index is 11.1. The van der Waals surface area contributed by atoms with Gasteiger partial charge in [0.1, 0.15) is 0 Å². The van der Waals surface area contributed by atoms with E-state index >= 15 is 0 Å². The van der Waals surface area contributed by atoms with Crippen LogP contribution in [-0.4, -0.2) is 38.9 Å². The van der Waals surface area contributed by atoms with Crippen LogP contribution in [0.2, 0.25) is 0 Å².